The highest BCUT2D eigenvalue weighted by Crippen LogP contribution is 2.65. The number of para-hydroxylation sites is 1. The highest BCUT2D eigenvalue weighted by Gasteiger charge is 2.67. The zero-order chi connectivity index (χ0) is 24.6. The number of carbonyl (C=O) groups excluding carboxylic acids is 3. The molecule has 6 atom stereocenters. The van der Waals surface area contributed by atoms with Gasteiger partial charge in [0.1, 0.15) is 6.67 Å². The Morgan fingerprint density at radius 1 is 0.943 bits per heavy atom. The molecule has 6 unspecified atom stereocenters. The molecule has 0 radical (unpaired) electrons. The Hall–Kier alpha value is -3.13. The number of carbonyl (C=O) groups is 3. The Morgan fingerprint density at radius 3 is 2.11 bits per heavy atom. The molecular weight excluding hydrogens is 481 g/mol. The van der Waals surface area contributed by atoms with Crippen LogP contribution in [0, 0.1) is 35.5 Å². The lowest BCUT2D eigenvalue weighted by Crippen LogP contribution is -2.45. The van der Waals surface area contributed by atoms with E-state index in [1.54, 1.807) is 12.1 Å². The van der Waals surface area contributed by atoms with Crippen LogP contribution in [0.5, 0.6) is 0 Å². The number of anilines is 1. The molecule has 5 aliphatic rings. The summed E-state index contributed by atoms with van der Waals surface area (Å²) in [5, 5.41) is 0.0575. The minimum atomic E-state index is -4.76. The largest absolute Gasteiger partial charge is 0.418 e. The van der Waals surface area contributed by atoms with Gasteiger partial charge >= 0.3 is 6.18 Å². The van der Waals surface area contributed by atoms with Crippen molar-refractivity contribution in [3.05, 3.63) is 76.8 Å². The molecule has 3 fully saturated rings. The molecule has 1 saturated heterocycles. The molecule has 0 spiro atoms. The lowest BCUT2D eigenvalue weighted by molar-refractivity contribution is -0.140. The molecule has 4 aliphatic carbocycles. The van der Waals surface area contributed by atoms with Crippen LogP contribution in [0.3, 0.4) is 0 Å². The maximum absolute atomic E-state index is 13.9. The number of rotatable bonds is 4. The molecule has 180 valence electrons. The van der Waals surface area contributed by atoms with Gasteiger partial charge in [-0.3, -0.25) is 24.2 Å². The standard InChI is InChI=1S/C26H20ClF3N2O3/c27-19-7-3-1-5-15(19)23(33)31(20-8-4-2-6-18(20)26(28,29)30)12-32-24(34)21-13-9-10-14(17-11-16(13)17)22(21)25(32)35/h1-10,13-14,16-17,21-22H,11-12H2. The van der Waals surface area contributed by atoms with Crippen LogP contribution in [0.25, 0.3) is 0 Å². The third-order valence-electron chi connectivity index (χ3n) is 7.89. The fourth-order valence-corrected chi connectivity index (χ4v) is 6.49. The van der Waals surface area contributed by atoms with Gasteiger partial charge in [0.15, 0.2) is 0 Å². The van der Waals surface area contributed by atoms with Crippen LogP contribution in [0.4, 0.5) is 18.9 Å². The lowest BCUT2D eigenvalue weighted by atomic mass is 9.63. The Bertz CT molecular complexity index is 1260. The average molecular weight is 501 g/mol. The summed E-state index contributed by atoms with van der Waals surface area (Å²) in [5.41, 5.74) is -1.50. The van der Waals surface area contributed by atoms with Gasteiger partial charge in [0, 0.05) is 0 Å². The number of imide groups is 1. The Morgan fingerprint density at radius 2 is 1.51 bits per heavy atom. The fraction of sp³-hybridized carbons (Fsp3) is 0.346. The van der Waals surface area contributed by atoms with Gasteiger partial charge in [0.2, 0.25) is 11.8 Å². The number of alkyl halides is 3. The molecule has 7 rings (SSSR count). The van der Waals surface area contributed by atoms with Crippen molar-refractivity contribution < 1.29 is 27.6 Å². The molecule has 35 heavy (non-hydrogen) atoms. The van der Waals surface area contributed by atoms with Gasteiger partial charge in [-0.15, -0.1) is 0 Å². The van der Waals surface area contributed by atoms with Gasteiger partial charge in [-0.05, 0) is 54.4 Å². The van der Waals surface area contributed by atoms with Crippen molar-refractivity contribution in [3.8, 4) is 0 Å². The number of likely N-dealkylation sites (tertiary alicyclic amines) is 1. The highest BCUT2D eigenvalue weighted by molar-refractivity contribution is 6.34. The minimum absolute atomic E-state index is 0.0226. The third-order valence-corrected chi connectivity index (χ3v) is 8.22. The van der Waals surface area contributed by atoms with Gasteiger partial charge in [0.25, 0.3) is 5.91 Å². The van der Waals surface area contributed by atoms with Gasteiger partial charge in [0.05, 0.1) is 33.7 Å². The molecule has 5 nitrogen and oxygen atoms in total. The van der Waals surface area contributed by atoms with Crippen molar-refractivity contribution in [2.24, 2.45) is 35.5 Å². The van der Waals surface area contributed by atoms with E-state index in [9.17, 15) is 27.6 Å². The summed E-state index contributed by atoms with van der Waals surface area (Å²) in [4.78, 5) is 42.3. The zero-order valence-electron chi connectivity index (χ0n) is 18.3. The summed E-state index contributed by atoms with van der Waals surface area (Å²) < 4.78 is 41.7. The smallest absolute Gasteiger partial charge is 0.289 e. The monoisotopic (exact) mass is 500 g/mol. The average Bonchev–Trinajstić information content (AvgIpc) is 3.62. The molecule has 2 aromatic rings. The second-order valence-corrected chi connectivity index (χ2v) is 10.0. The first-order chi connectivity index (χ1) is 16.7. The van der Waals surface area contributed by atoms with Gasteiger partial charge in [-0.25, -0.2) is 0 Å². The van der Waals surface area contributed by atoms with Crippen LogP contribution in [-0.2, 0) is 15.8 Å². The normalized spacial score (nSPS) is 30.3. The van der Waals surface area contributed by atoms with Crippen LogP contribution in [0.1, 0.15) is 22.3 Å². The predicted octanol–water partition coefficient (Wildman–Crippen LogP) is 5.02. The number of benzene rings is 2. The number of hydrogen-bond acceptors (Lipinski definition) is 3. The van der Waals surface area contributed by atoms with E-state index in [0.717, 1.165) is 28.4 Å². The number of nitrogens with zero attached hydrogens (tertiary/aromatic N) is 2. The van der Waals surface area contributed by atoms with Crippen LogP contribution in [0.15, 0.2) is 60.7 Å². The Labute approximate surface area is 204 Å². The van der Waals surface area contributed by atoms with E-state index in [1.165, 1.54) is 24.3 Å². The number of allylic oxidation sites excluding steroid dienone is 2. The number of amides is 3. The van der Waals surface area contributed by atoms with Crippen molar-refractivity contribution in [1.29, 1.82) is 0 Å². The molecule has 2 aromatic carbocycles. The second kappa shape index (κ2) is 7.68. The second-order valence-electron chi connectivity index (χ2n) is 9.63. The van der Waals surface area contributed by atoms with Crippen LogP contribution < -0.4 is 4.90 Å². The SMILES string of the molecule is O=C1C2C3C=CC(C4CC34)C2C(=O)N1CN(C(=O)c1ccccc1Cl)c1ccccc1C(F)(F)F. The number of hydrogen-bond donors (Lipinski definition) is 0. The summed E-state index contributed by atoms with van der Waals surface area (Å²) >= 11 is 6.20. The van der Waals surface area contributed by atoms with E-state index in [-0.39, 0.29) is 22.4 Å². The lowest BCUT2D eigenvalue weighted by Gasteiger charge is -2.37. The Kier molecular flexibility index (Phi) is 4.90. The van der Waals surface area contributed by atoms with Crippen molar-refractivity contribution in [2.45, 2.75) is 12.6 Å². The molecule has 2 bridgehead atoms. The summed E-state index contributed by atoms with van der Waals surface area (Å²) in [6.07, 6.45) is 0.263. The molecule has 0 N–H and O–H groups in total. The quantitative estimate of drug-likeness (QED) is 0.438. The van der Waals surface area contributed by atoms with E-state index in [4.69, 9.17) is 11.6 Å². The molecule has 3 amide bonds. The number of halogens is 4. The maximum atomic E-state index is 13.9. The third kappa shape index (κ3) is 3.33. The van der Waals surface area contributed by atoms with E-state index >= 15 is 0 Å². The zero-order valence-corrected chi connectivity index (χ0v) is 19.0. The van der Waals surface area contributed by atoms with Crippen molar-refractivity contribution in [2.75, 3.05) is 11.6 Å². The topological polar surface area (TPSA) is 57.7 Å². The van der Waals surface area contributed by atoms with Gasteiger partial charge < -0.3 is 0 Å². The van der Waals surface area contributed by atoms with E-state index in [1.807, 2.05) is 12.2 Å². The van der Waals surface area contributed by atoms with Crippen molar-refractivity contribution in [1.82, 2.24) is 4.90 Å². The molecule has 0 aromatic heterocycles. The molecular formula is C26H20ClF3N2O3. The predicted molar refractivity (Wildman–Crippen MR) is 121 cm³/mol. The summed E-state index contributed by atoms with van der Waals surface area (Å²) in [7, 11) is 0. The first kappa shape index (κ1) is 22.3. The van der Waals surface area contributed by atoms with Gasteiger partial charge in [-0.1, -0.05) is 48.0 Å². The summed E-state index contributed by atoms with van der Waals surface area (Å²) in [6.45, 7) is -0.614. The minimum Gasteiger partial charge on any atom is -0.289 e. The Balaban J connectivity index is 1.41. The first-order valence-electron chi connectivity index (χ1n) is 11.4. The van der Waals surface area contributed by atoms with Crippen molar-refractivity contribution in [3.63, 3.8) is 0 Å². The van der Waals surface area contributed by atoms with Crippen molar-refractivity contribution >= 4 is 35.0 Å². The molecule has 1 heterocycles. The van der Waals surface area contributed by atoms with E-state index in [0.29, 0.717) is 11.8 Å². The molecule has 1 aliphatic heterocycles. The molecule has 2 saturated carbocycles. The first-order valence-corrected chi connectivity index (χ1v) is 11.8. The summed E-state index contributed by atoms with van der Waals surface area (Å²) in [5.74, 6) is -2.01. The molecule has 9 heteroatoms. The van der Waals surface area contributed by atoms with E-state index < -0.39 is 53.7 Å². The van der Waals surface area contributed by atoms with Crippen LogP contribution in [-0.4, -0.2) is 29.3 Å². The highest BCUT2D eigenvalue weighted by atomic mass is 35.5. The van der Waals surface area contributed by atoms with Gasteiger partial charge in [-0.2, -0.15) is 13.2 Å². The summed E-state index contributed by atoms with van der Waals surface area (Å²) in [6, 6.07) is 10.6. The fourth-order valence-electron chi connectivity index (χ4n) is 6.28. The van der Waals surface area contributed by atoms with E-state index in [2.05, 4.69) is 0 Å². The van der Waals surface area contributed by atoms with Crippen LogP contribution >= 0.6 is 11.6 Å². The van der Waals surface area contributed by atoms with Crippen LogP contribution in [0.2, 0.25) is 5.02 Å². The maximum Gasteiger partial charge on any atom is 0.418 e.